The first-order valence-corrected chi connectivity index (χ1v) is 6.27. The van der Waals surface area contributed by atoms with Gasteiger partial charge in [-0.2, -0.15) is 0 Å². The number of rotatable bonds is 7. The zero-order chi connectivity index (χ0) is 13.4. The van der Waals surface area contributed by atoms with Crippen LogP contribution in [0.4, 0.5) is 0 Å². The van der Waals surface area contributed by atoms with Crippen LogP contribution in [0.2, 0.25) is 0 Å². The summed E-state index contributed by atoms with van der Waals surface area (Å²) in [5, 5.41) is 0. The van der Waals surface area contributed by atoms with Gasteiger partial charge >= 0.3 is 5.97 Å². The van der Waals surface area contributed by atoms with E-state index in [1.807, 2.05) is 26.0 Å². The average Bonchev–Trinajstić information content (AvgIpc) is 2.37. The molecule has 0 amide bonds. The molecule has 0 bridgehead atoms. The molecular formula is C14H20O4. The molecule has 0 saturated heterocycles. The molecular weight excluding hydrogens is 232 g/mol. The van der Waals surface area contributed by atoms with E-state index >= 15 is 0 Å². The predicted octanol–water partition coefficient (Wildman–Crippen LogP) is 2.81. The largest absolute Gasteiger partial charge is 0.494 e. The molecule has 1 rings (SSSR count). The fraction of sp³-hybridized carbons (Fsp3) is 0.500. The Morgan fingerprint density at radius 2 is 1.89 bits per heavy atom. The van der Waals surface area contributed by atoms with E-state index in [0.717, 1.165) is 5.75 Å². The van der Waals surface area contributed by atoms with Crippen LogP contribution in [0.15, 0.2) is 24.3 Å². The minimum atomic E-state index is -0.568. The first-order valence-electron chi connectivity index (χ1n) is 6.27. The summed E-state index contributed by atoms with van der Waals surface area (Å²) in [5.41, 5.74) is 0. The van der Waals surface area contributed by atoms with Gasteiger partial charge in [-0.05, 0) is 32.4 Å². The van der Waals surface area contributed by atoms with Crippen LogP contribution in [0.5, 0.6) is 11.5 Å². The topological polar surface area (TPSA) is 44.8 Å². The van der Waals surface area contributed by atoms with Crippen molar-refractivity contribution in [2.24, 2.45) is 0 Å². The molecule has 0 aliphatic carbocycles. The highest BCUT2D eigenvalue weighted by Gasteiger charge is 2.19. The van der Waals surface area contributed by atoms with Crippen LogP contribution in [-0.4, -0.2) is 25.3 Å². The summed E-state index contributed by atoms with van der Waals surface area (Å²) in [7, 11) is 0. The van der Waals surface area contributed by atoms with Crippen LogP contribution < -0.4 is 9.47 Å². The summed E-state index contributed by atoms with van der Waals surface area (Å²) in [6.45, 7) is 6.53. The molecule has 0 aliphatic heterocycles. The molecule has 1 unspecified atom stereocenters. The van der Waals surface area contributed by atoms with Crippen LogP contribution in [-0.2, 0) is 9.53 Å². The smallest absolute Gasteiger partial charge is 0.347 e. The first kappa shape index (κ1) is 14.4. The molecule has 0 fully saturated rings. The Labute approximate surface area is 108 Å². The van der Waals surface area contributed by atoms with E-state index in [0.29, 0.717) is 25.4 Å². The van der Waals surface area contributed by atoms with Crippen molar-refractivity contribution < 1.29 is 19.0 Å². The second kappa shape index (κ2) is 7.58. The lowest BCUT2D eigenvalue weighted by Crippen LogP contribution is -2.28. The summed E-state index contributed by atoms with van der Waals surface area (Å²) >= 11 is 0. The second-order valence-corrected chi connectivity index (χ2v) is 3.67. The van der Waals surface area contributed by atoms with E-state index < -0.39 is 6.10 Å². The van der Waals surface area contributed by atoms with E-state index in [-0.39, 0.29) is 5.97 Å². The number of hydrogen-bond donors (Lipinski definition) is 0. The molecule has 1 aromatic rings. The van der Waals surface area contributed by atoms with E-state index in [9.17, 15) is 4.79 Å². The molecule has 1 atom stereocenters. The van der Waals surface area contributed by atoms with Crippen molar-refractivity contribution in [2.45, 2.75) is 33.3 Å². The summed E-state index contributed by atoms with van der Waals surface area (Å²) in [4.78, 5) is 11.6. The van der Waals surface area contributed by atoms with Gasteiger partial charge in [0, 0.05) is 6.07 Å². The highest BCUT2D eigenvalue weighted by molar-refractivity contribution is 5.75. The zero-order valence-corrected chi connectivity index (χ0v) is 11.1. The molecule has 1 aromatic carbocycles. The fourth-order valence-corrected chi connectivity index (χ4v) is 1.50. The molecule has 18 heavy (non-hydrogen) atoms. The summed E-state index contributed by atoms with van der Waals surface area (Å²) < 4.78 is 15.9. The molecule has 0 aromatic heterocycles. The number of carbonyl (C=O) groups is 1. The molecule has 4 nitrogen and oxygen atoms in total. The zero-order valence-electron chi connectivity index (χ0n) is 11.1. The minimum Gasteiger partial charge on any atom is -0.494 e. The molecule has 0 aliphatic rings. The lowest BCUT2D eigenvalue weighted by atomic mass is 10.2. The van der Waals surface area contributed by atoms with Crippen molar-refractivity contribution >= 4 is 5.97 Å². The summed E-state index contributed by atoms with van der Waals surface area (Å²) in [6.07, 6.45) is -0.000595. The van der Waals surface area contributed by atoms with Crippen molar-refractivity contribution in [1.82, 2.24) is 0 Å². The number of carbonyl (C=O) groups excluding carboxylic acids is 1. The maximum atomic E-state index is 11.6. The lowest BCUT2D eigenvalue weighted by Gasteiger charge is -2.16. The molecule has 0 saturated carbocycles. The Hall–Kier alpha value is -1.71. The molecule has 0 heterocycles. The standard InChI is InChI=1S/C14H20O4/c1-4-13(14(15)17-6-3)18-12-9-7-8-11(10-12)16-5-2/h7-10,13H,4-6H2,1-3H3. The predicted molar refractivity (Wildman–Crippen MR) is 69.0 cm³/mol. The number of esters is 1. The Kier molecular flexibility index (Phi) is 6.05. The SMILES string of the molecule is CCOC(=O)C(CC)Oc1cccc(OCC)c1. The highest BCUT2D eigenvalue weighted by atomic mass is 16.6. The maximum Gasteiger partial charge on any atom is 0.347 e. The van der Waals surface area contributed by atoms with Gasteiger partial charge in [-0.15, -0.1) is 0 Å². The fourth-order valence-electron chi connectivity index (χ4n) is 1.50. The van der Waals surface area contributed by atoms with Gasteiger partial charge < -0.3 is 14.2 Å². The average molecular weight is 252 g/mol. The first-order chi connectivity index (χ1) is 8.71. The van der Waals surface area contributed by atoms with Crippen LogP contribution in [0, 0.1) is 0 Å². The Balaban J connectivity index is 2.69. The maximum absolute atomic E-state index is 11.6. The quantitative estimate of drug-likeness (QED) is 0.700. The highest BCUT2D eigenvalue weighted by Crippen LogP contribution is 2.21. The van der Waals surface area contributed by atoms with Crippen LogP contribution in [0.1, 0.15) is 27.2 Å². The van der Waals surface area contributed by atoms with E-state index in [2.05, 4.69) is 0 Å². The van der Waals surface area contributed by atoms with Crippen molar-refractivity contribution in [3.8, 4) is 11.5 Å². The molecule has 0 N–H and O–H groups in total. The van der Waals surface area contributed by atoms with Crippen molar-refractivity contribution in [3.05, 3.63) is 24.3 Å². The monoisotopic (exact) mass is 252 g/mol. The van der Waals surface area contributed by atoms with E-state index in [1.54, 1.807) is 19.1 Å². The normalized spacial score (nSPS) is 11.7. The van der Waals surface area contributed by atoms with Crippen LogP contribution in [0.3, 0.4) is 0 Å². The third kappa shape index (κ3) is 4.28. The molecule has 100 valence electrons. The van der Waals surface area contributed by atoms with E-state index in [4.69, 9.17) is 14.2 Å². The number of hydrogen-bond acceptors (Lipinski definition) is 4. The Morgan fingerprint density at radius 1 is 1.17 bits per heavy atom. The molecule has 4 heteroatoms. The van der Waals surface area contributed by atoms with Gasteiger partial charge in [-0.25, -0.2) is 4.79 Å². The summed E-state index contributed by atoms with van der Waals surface area (Å²) in [5.74, 6) is 1.01. The van der Waals surface area contributed by atoms with Crippen molar-refractivity contribution in [1.29, 1.82) is 0 Å². The van der Waals surface area contributed by atoms with Crippen molar-refractivity contribution in [2.75, 3.05) is 13.2 Å². The third-order valence-electron chi connectivity index (χ3n) is 2.32. The van der Waals surface area contributed by atoms with Gasteiger partial charge in [0.05, 0.1) is 13.2 Å². The lowest BCUT2D eigenvalue weighted by molar-refractivity contribution is -0.151. The Morgan fingerprint density at radius 3 is 2.50 bits per heavy atom. The van der Waals surface area contributed by atoms with Gasteiger partial charge in [0.25, 0.3) is 0 Å². The Bertz CT molecular complexity index is 376. The van der Waals surface area contributed by atoms with Gasteiger partial charge in [0.2, 0.25) is 0 Å². The summed E-state index contributed by atoms with van der Waals surface area (Å²) in [6, 6.07) is 7.25. The minimum absolute atomic E-state index is 0.332. The van der Waals surface area contributed by atoms with Gasteiger partial charge in [0.1, 0.15) is 11.5 Å². The van der Waals surface area contributed by atoms with Gasteiger partial charge in [-0.3, -0.25) is 0 Å². The number of benzene rings is 1. The van der Waals surface area contributed by atoms with Gasteiger partial charge in [0.15, 0.2) is 6.10 Å². The third-order valence-corrected chi connectivity index (χ3v) is 2.32. The molecule has 0 radical (unpaired) electrons. The van der Waals surface area contributed by atoms with Crippen LogP contribution in [0.25, 0.3) is 0 Å². The van der Waals surface area contributed by atoms with E-state index in [1.165, 1.54) is 0 Å². The van der Waals surface area contributed by atoms with Crippen molar-refractivity contribution in [3.63, 3.8) is 0 Å². The van der Waals surface area contributed by atoms with Gasteiger partial charge in [-0.1, -0.05) is 13.0 Å². The number of ether oxygens (including phenoxy) is 3. The second-order valence-electron chi connectivity index (χ2n) is 3.67. The van der Waals surface area contributed by atoms with Crippen LogP contribution >= 0.6 is 0 Å². The molecule has 0 spiro atoms.